The molecule has 6 heteroatoms. The maximum absolute atomic E-state index is 11.2. The van der Waals surface area contributed by atoms with Crippen LogP contribution in [0.1, 0.15) is 20.9 Å². The van der Waals surface area contributed by atoms with E-state index < -0.39 is 5.97 Å². The van der Waals surface area contributed by atoms with Crippen molar-refractivity contribution in [2.45, 2.75) is 13.2 Å². The van der Waals surface area contributed by atoms with Crippen molar-refractivity contribution in [3.8, 4) is 0 Å². The molecular weight excluding hydrogens is 276 g/mol. The molecule has 1 heterocycles. The molecular formula is C14H16N2O3S. The molecule has 0 aliphatic heterocycles. The Morgan fingerprint density at radius 1 is 1.40 bits per heavy atom. The summed E-state index contributed by atoms with van der Waals surface area (Å²) in [4.78, 5) is 17.7. The van der Waals surface area contributed by atoms with Crippen molar-refractivity contribution >= 4 is 22.4 Å². The van der Waals surface area contributed by atoms with Gasteiger partial charge < -0.3 is 14.7 Å². The number of carbonyl (C=O) groups is 1. The summed E-state index contributed by atoms with van der Waals surface area (Å²) in [6.07, 6.45) is 0. The van der Waals surface area contributed by atoms with E-state index in [1.165, 1.54) is 18.4 Å². The van der Waals surface area contributed by atoms with Gasteiger partial charge in [0.1, 0.15) is 4.88 Å². The molecule has 1 N–H and O–H groups in total. The first-order valence-corrected chi connectivity index (χ1v) is 6.90. The Bertz CT molecular complexity index is 583. The zero-order valence-corrected chi connectivity index (χ0v) is 12.2. The fourth-order valence-electron chi connectivity index (χ4n) is 1.83. The number of aromatic nitrogens is 1. The second-order valence-corrected chi connectivity index (χ2v) is 5.33. The first-order chi connectivity index (χ1) is 9.61. The van der Waals surface area contributed by atoms with E-state index in [-0.39, 0.29) is 11.5 Å². The van der Waals surface area contributed by atoms with Crippen LogP contribution in [0.4, 0.5) is 5.13 Å². The molecule has 106 valence electrons. The van der Waals surface area contributed by atoms with Crippen LogP contribution in [0.15, 0.2) is 30.3 Å². The highest BCUT2D eigenvalue weighted by atomic mass is 32.1. The monoisotopic (exact) mass is 292 g/mol. The van der Waals surface area contributed by atoms with E-state index in [0.29, 0.717) is 17.4 Å². The lowest BCUT2D eigenvalue weighted by Crippen LogP contribution is -2.16. The number of aromatic carboxylic acids is 1. The minimum Gasteiger partial charge on any atom is -0.477 e. The van der Waals surface area contributed by atoms with Crippen LogP contribution in [-0.2, 0) is 17.9 Å². The summed E-state index contributed by atoms with van der Waals surface area (Å²) < 4.78 is 4.99. The zero-order valence-electron chi connectivity index (χ0n) is 11.4. The lowest BCUT2D eigenvalue weighted by molar-refractivity contribution is 0.0697. The van der Waals surface area contributed by atoms with Crippen LogP contribution >= 0.6 is 11.3 Å². The molecule has 2 rings (SSSR count). The molecule has 2 aromatic rings. The summed E-state index contributed by atoms with van der Waals surface area (Å²) in [6.45, 7) is 0.886. The van der Waals surface area contributed by atoms with Crippen LogP contribution in [-0.4, -0.2) is 30.2 Å². The summed E-state index contributed by atoms with van der Waals surface area (Å²) in [5.41, 5.74) is 1.62. The molecule has 0 bridgehead atoms. The van der Waals surface area contributed by atoms with Crippen molar-refractivity contribution in [1.82, 2.24) is 4.98 Å². The number of thiazole rings is 1. The third-order valence-electron chi connectivity index (χ3n) is 2.75. The first kappa shape index (κ1) is 14.5. The molecule has 1 aromatic carbocycles. The van der Waals surface area contributed by atoms with Gasteiger partial charge in [-0.15, -0.1) is 0 Å². The summed E-state index contributed by atoms with van der Waals surface area (Å²) in [6, 6.07) is 9.97. The van der Waals surface area contributed by atoms with Gasteiger partial charge in [-0.25, -0.2) is 9.78 Å². The van der Waals surface area contributed by atoms with Crippen molar-refractivity contribution in [2.24, 2.45) is 0 Å². The quantitative estimate of drug-likeness (QED) is 0.886. The van der Waals surface area contributed by atoms with Crippen LogP contribution < -0.4 is 4.90 Å². The second kappa shape index (κ2) is 6.49. The standard InChI is InChI=1S/C14H16N2O3S/c1-16(8-10-6-4-3-5-7-10)14-15-11(9-19-2)12(20-14)13(17)18/h3-7H,8-9H2,1-2H3,(H,17,18). The molecule has 5 nitrogen and oxygen atoms in total. The van der Waals surface area contributed by atoms with Gasteiger partial charge in [0.05, 0.1) is 12.3 Å². The Kier molecular flexibility index (Phi) is 4.70. The topological polar surface area (TPSA) is 62.7 Å². The van der Waals surface area contributed by atoms with E-state index in [0.717, 1.165) is 5.56 Å². The van der Waals surface area contributed by atoms with Gasteiger partial charge >= 0.3 is 5.97 Å². The fourth-order valence-corrected chi connectivity index (χ4v) is 2.70. The number of carboxylic acid groups (broad SMARTS) is 1. The third-order valence-corrected chi connectivity index (χ3v) is 3.95. The highest BCUT2D eigenvalue weighted by Crippen LogP contribution is 2.27. The summed E-state index contributed by atoms with van der Waals surface area (Å²) in [5.74, 6) is -0.964. The summed E-state index contributed by atoms with van der Waals surface area (Å²) in [7, 11) is 3.42. The van der Waals surface area contributed by atoms with Gasteiger partial charge in [0.15, 0.2) is 5.13 Å². The molecule has 1 aromatic heterocycles. The van der Waals surface area contributed by atoms with Crippen molar-refractivity contribution in [2.75, 3.05) is 19.1 Å². The molecule has 0 aliphatic carbocycles. The molecule has 0 saturated carbocycles. The van der Waals surface area contributed by atoms with Crippen molar-refractivity contribution in [3.63, 3.8) is 0 Å². The zero-order chi connectivity index (χ0) is 14.5. The van der Waals surface area contributed by atoms with Crippen LogP contribution in [0.2, 0.25) is 0 Å². The van der Waals surface area contributed by atoms with E-state index in [2.05, 4.69) is 4.98 Å². The smallest absolute Gasteiger partial charge is 0.347 e. The number of nitrogens with zero attached hydrogens (tertiary/aromatic N) is 2. The van der Waals surface area contributed by atoms with Crippen LogP contribution in [0.3, 0.4) is 0 Å². The van der Waals surface area contributed by atoms with Crippen molar-refractivity contribution in [3.05, 3.63) is 46.5 Å². The summed E-state index contributed by atoms with van der Waals surface area (Å²) >= 11 is 1.17. The van der Waals surface area contributed by atoms with E-state index >= 15 is 0 Å². The molecule has 0 amide bonds. The average Bonchev–Trinajstić information content (AvgIpc) is 2.85. The number of carboxylic acids is 1. The molecule has 0 aliphatic rings. The highest BCUT2D eigenvalue weighted by molar-refractivity contribution is 7.17. The van der Waals surface area contributed by atoms with Crippen LogP contribution in [0.25, 0.3) is 0 Å². The SMILES string of the molecule is COCc1nc(N(C)Cc2ccccc2)sc1C(=O)O. The van der Waals surface area contributed by atoms with Gasteiger partial charge in [0, 0.05) is 20.7 Å². The molecule has 0 fully saturated rings. The molecule has 20 heavy (non-hydrogen) atoms. The Balaban J connectivity index is 2.19. The maximum Gasteiger partial charge on any atom is 0.347 e. The fraction of sp³-hybridized carbons (Fsp3) is 0.286. The first-order valence-electron chi connectivity index (χ1n) is 6.08. The largest absolute Gasteiger partial charge is 0.477 e. The predicted octanol–water partition coefficient (Wildman–Crippen LogP) is 2.62. The minimum atomic E-state index is -0.964. The van der Waals surface area contributed by atoms with Gasteiger partial charge in [-0.2, -0.15) is 0 Å². The molecule has 0 unspecified atom stereocenters. The van der Waals surface area contributed by atoms with Crippen molar-refractivity contribution in [1.29, 1.82) is 0 Å². The van der Waals surface area contributed by atoms with Gasteiger partial charge in [-0.3, -0.25) is 0 Å². The number of benzene rings is 1. The van der Waals surface area contributed by atoms with E-state index in [1.54, 1.807) is 0 Å². The number of anilines is 1. The van der Waals surface area contributed by atoms with Gasteiger partial charge in [0.25, 0.3) is 0 Å². The van der Waals surface area contributed by atoms with Gasteiger partial charge in [-0.05, 0) is 5.56 Å². The number of hydrogen-bond acceptors (Lipinski definition) is 5. The Morgan fingerprint density at radius 2 is 2.10 bits per heavy atom. The van der Waals surface area contributed by atoms with Gasteiger partial charge in [-0.1, -0.05) is 41.7 Å². The number of hydrogen-bond donors (Lipinski definition) is 1. The predicted molar refractivity (Wildman–Crippen MR) is 78.3 cm³/mol. The van der Waals surface area contributed by atoms with Crippen LogP contribution in [0.5, 0.6) is 0 Å². The van der Waals surface area contributed by atoms with E-state index in [4.69, 9.17) is 4.74 Å². The van der Waals surface area contributed by atoms with E-state index in [9.17, 15) is 9.90 Å². The maximum atomic E-state index is 11.2. The molecule has 0 saturated heterocycles. The Morgan fingerprint density at radius 3 is 2.70 bits per heavy atom. The average molecular weight is 292 g/mol. The summed E-state index contributed by atoms with van der Waals surface area (Å²) in [5, 5.41) is 9.85. The lowest BCUT2D eigenvalue weighted by atomic mass is 10.2. The van der Waals surface area contributed by atoms with Gasteiger partial charge in [0.2, 0.25) is 0 Å². The number of methoxy groups -OCH3 is 1. The van der Waals surface area contributed by atoms with E-state index in [1.807, 2.05) is 42.3 Å². The lowest BCUT2D eigenvalue weighted by Gasteiger charge is -2.15. The molecule has 0 radical (unpaired) electrons. The van der Waals surface area contributed by atoms with Crippen molar-refractivity contribution < 1.29 is 14.6 Å². The third kappa shape index (κ3) is 3.34. The molecule has 0 spiro atoms. The second-order valence-electron chi connectivity index (χ2n) is 4.35. The minimum absolute atomic E-state index is 0.206. The Labute approximate surface area is 121 Å². The highest BCUT2D eigenvalue weighted by Gasteiger charge is 2.19. The Hall–Kier alpha value is -1.92. The molecule has 0 atom stereocenters. The number of ether oxygens (including phenoxy) is 1. The number of rotatable bonds is 6. The van der Waals surface area contributed by atoms with Crippen LogP contribution in [0, 0.1) is 0 Å². The normalized spacial score (nSPS) is 10.5.